The number of thiophene rings is 1. The number of benzene rings is 9. The molecule has 9 aromatic carbocycles. The average molecular weight is 1160 g/mol. The number of anilines is 9. The maximum Gasteiger partial charge on any atom is 0.254 e. The molecule has 13 rings (SSSR count). The Morgan fingerprint density at radius 2 is 1.07 bits per heavy atom. The Labute approximate surface area is 517 Å². The second kappa shape index (κ2) is 20.4. The Kier molecular flexibility index (Phi) is 13.6. The van der Waals surface area contributed by atoms with E-state index >= 15 is 0 Å². The van der Waals surface area contributed by atoms with Crippen molar-refractivity contribution in [2.45, 2.75) is 137 Å². The molecule has 0 radical (unpaired) electrons. The molecule has 0 bridgehead atoms. The lowest BCUT2D eigenvalue weighted by Gasteiger charge is -2.54. The molecule has 0 saturated carbocycles. The standard InChI is InChI=1S/C79H82BN3OSSi/c1-51-23-22-26-61(45-51)86(78(11,12)13,79(14,15)16)62-49-68-73-69(50-62)83(58-38-32-55(33-39-58)76(5,6)7)74-72(64-46-56(77(8,9)10)34-42-71(64)85-74)80(73)65-41-40-59(47-67(65)82(68)60-35-29-53-43-44-84-70(53)48-60)81(57-36-30-54(31-37-57)75(2,3)4)66-28-21-20-27-63(66)52-24-18-17-19-25-52/h17-50H,1-16H3. The molecule has 2 aromatic heterocycles. The van der Waals surface area contributed by atoms with Crippen LogP contribution in [0, 0.1) is 6.92 Å². The Hall–Kier alpha value is -7.84. The summed E-state index contributed by atoms with van der Waals surface area (Å²) >= 11 is 1.95. The van der Waals surface area contributed by atoms with Crippen LogP contribution in [0.2, 0.25) is 10.1 Å². The number of nitrogens with zero attached hydrogens (tertiary/aromatic N) is 3. The Morgan fingerprint density at radius 1 is 0.465 bits per heavy atom. The first-order valence-electron chi connectivity index (χ1n) is 30.9. The summed E-state index contributed by atoms with van der Waals surface area (Å²) in [5.41, 5.74) is 21.4. The van der Waals surface area contributed by atoms with Gasteiger partial charge in [-0.3, -0.25) is 0 Å². The molecule has 432 valence electrons. The predicted molar refractivity (Wildman–Crippen MR) is 377 cm³/mol. The molecule has 7 heteroatoms. The molecule has 0 fully saturated rings. The fourth-order valence-corrected chi connectivity index (χ4v) is 23.8. The monoisotopic (exact) mass is 1160 g/mol. The van der Waals surface area contributed by atoms with Gasteiger partial charge < -0.3 is 19.1 Å². The Bertz CT molecular complexity index is 4390. The van der Waals surface area contributed by atoms with Gasteiger partial charge in [-0.2, -0.15) is 0 Å². The molecular formula is C79H82BN3OSSi. The van der Waals surface area contributed by atoms with Gasteiger partial charge in [-0.15, -0.1) is 11.3 Å². The smallest absolute Gasteiger partial charge is 0.254 e. The van der Waals surface area contributed by atoms with E-state index in [4.69, 9.17) is 4.42 Å². The van der Waals surface area contributed by atoms with Gasteiger partial charge in [0.1, 0.15) is 13.7 Å². The predicted octanol–water partition coefficient (Wildman–Crippen LogP) is 20.2. The zero-order chi connectivity index (χ0) is 60.6. The normalized spacial score (nSPS) is 13.7. The lowest BCUT2D eigenvalue weighted by molar-refractivity contribution is 0.590. The quantitative estimate of drug-likeness (QED) is 0.141. The second-order valence-corrected chi connectivity index (χ2v) is 36.3. The lowest BCUT2D eigenvalue weighted by Crippen LogP contribution is -2.70. The number of rotatable bonds is 8. The molecule has 4 nitrogen and oxygen atoms in total. The van der Waals surface area contributed by atoms with Crippen LogP contribution in [0.3, 0.4) is 0 Å². The molecule has 0 spiro atoms. The van der Waals surface area contributed by atoms with Gasteiger partial charge in [0.25, 0.3) is 6.71 Å². The van der Waals surface area contributed by atoms with Crippen LogP contribution in [0.1, 0.15) is 126 Å². The molecule has 86 heavy (non-hydrogen) atoms. The third-order valence-corrected chi connectivity index (χ3v) is 26.8. The first kappa shape index (κ1) is 57.2. The SMILES string of the molecule is Cc1cccc([Si](c2cc3c4c(c2)N(c2ccc(C(C)(C)C)cc2)c2sc5ccc(C(C)(C)C)cc5c2B4c2ccc(N(c4ccc(C(C)(C)C)cc4)c4ccccc4-c4ccccc4)cc2N3c2ccc3ccoc3c2)(C(C)(C)C)C(C)(C)C)c1. The zero-order valence-corrected chi connectivity index (χ0v) is 55.2. The molecular weight excluding hydrogens is 1080 g/mol. The van der Waals surface area contributed by atoms with Gasteiger partial charge in [0.05, 0.1) is 17.0 Å². The number of hydrogen-bond acceptors (Lipinski definition) is 5. The van der Waals surface area contributed by atoms with Crippen LogP contribution in [-0.2, 0) is 16.2 Å². The minimum atomic E-state index is -2.91. The van der Waals surface area contributed by atoms with Crippen LogP contribution in [0.25, 0.3) is 32.2 Å². The van der Waals surface area contributed by atoms with E-state index in [0.29, 0.717) is 0 Å². The molecule has 4 heterocycles. The summed E-state index contributed by atoms with van der Waals surface area (Å²) in [7, 11) is -2.91. The molecule has 0 atom stereocenters. The molecule has 11 aromatic rings. The van der Waals surface area contributed by atoms with Crippen LogP contribution in [-0.4, -0.2) is 14.8 Å². The Morgan fingerprint density at radius 3 is 1.72 bits per heavy atom. The van der Waals surface area contributed by atoms with E-state index < -0.39 is 8.07 Å². The molecule has 0 aliphatic carbocycles. The summed E-state index contributed by atoms with van der Waals surface area (Å²) in [6.45, 7) is 38.2. The summed E-state index contributed by atoms with van der Waals surface area (Å²) < 4.78 is 7.70. The van der Waals surface area contributed by atoms with Crippen LogP contribution in [0.15, 0.2) is 211 Å². The van der Waals surface area contributed by atoms with Crippen molar-refractivity contribution in [2.75, 3.05) is 14.7 Å². The minimum Gasteiger partial charge on any atom is -0.464 e. The molecule has 0 amide bonds. The van der Waals surface area contributed by atoms with Gasteiger partial charge in [-0.05, 0) is 161 Å². The van der Waals surface area contributed by atoms with E-state index in [2.05, 4.69) is 326 Å². The highest BCUT2D eigenvalue weighted by Crippen LogP contribution is 2.55. The van der Waals surface area contributed by atoms with E-state index in [-0.39, 0.29) is 33.0 Å². The van der Waals surface area contributed by atoms with Crippen molar-refractivity contribution in [1.82, 2.24) is 0 Å². The van der Waals surface area contributed by atoms with Crippen LogP contribution in [0.4, 0.5) is 50.5 Å². The fraction of sp³-hybridized carbons (Fsp3) is 0.266. The first-order valence-corrected chi connectivity index (χ1v) is 33.7. The van der Waals surface area contributed by atoms with E-state index in [1.165, 1.54) is 92.3 Å². The van der Waals surface area contributed by atoms with Crippen molar-refractivity contribution in [3.05, 3.63) is 229 Å². The van der Waals surface area contributed by atoms with Gasteiger partial charge in [-0.1, -0.05) is 230 Å². The summed E-state index contributed by atoms with van der Waals surface area (Å²) in [6, 6.07) is 77.3. The largest absolute Gasteiger partial charge is 0.464 e. The summed E-state index contributed by atoms with van der Waals surface area (Å²) in [4.78, 5) is 7.81. The van der Waals surface area contributed by atoms with Crippen molar-refractivity contribution >= 4 is 124 Å². The fourth-order valence-electron chi connectivity index (χ4n) is 15.0. The summed E-state index contributed by atoms with van der Waals surface area (Å²) in [6.07, 6.45) is 1.83. The highest BCUT2D eigenvalue weighted by atomic mass is 32.1. The molecule has 2 aliphatic heterocycles. The number of para-hydroxylation sites is 1. The number of furan rings is 1. The maximum absolute atomic E-state index is 6.40. The van der Waals surface area contributed by atoms with Crippen molar-refractivity contribution in [3.63, 3.8) is 0 Å². The molecule has 0 saturated heterocycles. The van der Waals surface area contributed by atoms with Crippen molar-refractivity contribution in [3.8, 4) is 11.1 Å². The second-order valence-electron chi connectivity index (χ2n) is 29.6. The van der Waals surface area contributed by atoms with Gasteiger partial charge in [0.2, 0.25) is 0 Å². The molecule has 0 unspecified atom stereocenters. The number of aryl methyl sites for hydroxylation is 1. The van der Waals surface area contributed by atoms with Crippen LogP contribution in [0.5, 0.6) is 0 Å². The highest BCUT2D eigenvalue weighted by Gasteiger charge is 2.57. The third-order valence-electron chi connectivity index (χ3n) is 18.8. The van der Waals surface area contributed by atoms with Gasteiger partial charge in [0.15, 0.2) is 0 Å². The minimum absolute atomic E-state index is 0.0115. The van der Waals surface area contributed by atoms with Crippen molar-refractivity contribution in [1.29, 1.82) is 0 Å². The van der Waals surface area contributed by atoms with Crippen molar-refractivity contribution < 1.29 is 4.42 Å². The van der Waals surface area contributed by atoms with E-state index in [0.717, 1.165) is 39.4 Å². The average Bonchev–Trinajstić information content (AvgIpc) is 0.983. The third kappa shape index (κ3) is 9.38. The van der Waals surface area contributed by atoms with Gasteiger partial charge in [0, 0.05) is 61.5 Å². The summed E-state index contributed by atoms with van der Waals surface area (Å²) in [5, 5.41) is 6.30. The first-order chi connectivity index (χ1) is 40.7. The van der Waals surface area contributed by atoms with Crippen LogP contribution < -0.4 is 41.5 Å². The van der Waals surface area contributed by atoms with E-state index in [9.17, 15) is 0 Å². The van der Waals surface area contributed by atoms with Crippen LogP contribution >= 0.6 is 11.3 Å². The number of hydrogen-bond donors (Lipinski definition) is 0. The highest BCUT2D eigenvalue weighted by molar-refractivity contribution is 7.26. The number of fused-ring (bicyclic) bond motifs is 7. The molecule has 0 N–H and O–H groups in total. The zero-order valence-electron chi connectivity index (χ0n) is 53.4. The van der Waals surface area contributed by atoms with Gasteiger partial charge in [-0.25, -0.2) is 0 Å². The van der Waals surface area contributed by atoms with E-state index in [1.807, 2.05) is 17.6 Å². The van der Waals surface area contributed by atoms with E-state index in [1.54, 1.807) is 0 Å². The van der Waals surface area contributed by atoms with Crippen molar-refractivity contribution in [2.24, 2.45) is 0 Å². The molecule has 2 aliphatic rings. The summed E-state index contributed by atoms with van der Waals surface area (Å²) in [5.74, 6) is 0. The topological polar surface area (TPSA) is 22.9 Å². The van der Waals surface area contributed by atoms with Gasteiger partial charge >= 0.3 is 0 Å². The lowest BCUT2D eigenvalue weighted by atomic mass is 9.33. The Balaban J connectivity index is 1.20. The maximum atomic E-state index is 6.40.